The molecule has 0 aliphatic carbocycles. The summed E-state index contributed by atoms with van der Waals surface area (Å²) in [5.41, 5.74) is -0.460. The number of ketones is 1. The Kier molecular flexibility index (Phi) is 5.33. The molecule has 10 heteroatoms. The largest absolute Gasteiger partial charge is 0.548 e. The van der Waals surface area contributed by atoms with E-state index in [4.69, 9.17) is 11.6 Å². The van der Waals surface area contributed by atoms with Crippen LogP contribution in [0.3, 0.4) is 0 Å². The highest BCUT2D eigenvalue weighted by atomic mass is 35.5. The molecular weight excluding hydrogens is 404 g/mol. The van der Waals surface area contributed by atoms with E-state index in [1.165, 1.54) is 42.5 Å². The molecule has 1 atom stereocenters. The van der Waals surface area contributed by atoms with Gasteiger partial charge in [-0.2, -0.15) is 0 Å². The maximum atomic E-state index is 12.6. The van der Waals surface area contributed by atoms with Crippen molar-refractivity contribution in [3.05, 3.63) is 80.4 Å². The number of aliphatic carboxylic acids is 1. The van der Waals surface area contributed by atoms with Crippen LogP contribution in [0.2, 0.25) is 5.02 Å². The number of hydrogen-bond acceptors (Lipinski definition) is 7. The van der Waals surface area contributed by atoms with Gasteiger partial charge in [0.2, 0.25) is 0 Å². The molecule has 1 N–H and O–H groups in total. The van der Waals surface area contributed by atoms with Gasteiger partial charge in [0.05, 0.1) is 29.1 Å². The Labute approximate surface area is 168 Å². The van der Waals surface area contributed by atoms with Crippen LogP contribution in [0.15, 0.2) is 54.1 Å². The first-order valence-electron chi connectivity index (χ1n) is 8.19. The van der Waals surface area contributed by atoms with E-state index in [9.17, 15) is 34.7 Å². The maximum Gasteiger partial charge on any atom is 0.295 e. The molecular formula is C19H12ClN2O7-. The Morgan fingerprint density at radius 1 is 1.17 bits per heavy atom. The highest BCUT2D eigenvalue weighted by molar-refractivity contribution is 6.46. The van der Waals surface area contributed by atoms with Crippen LogP contribution >= 0.6 is 11.6 Å². The Balaban J connectivity index is 2.22. The van der Waals surface area contributed by atoms with E-state index in [1.54, 1.807) is 0 Å². The molecule has 0 aromatic heterocycles. The fourth-order valence-electron chi connectivity index (χ4n) is 3.10. The number of aliphatic hydroxyl groups excluding tert-OH is 1. The summed E-state index contributed by atoms with van der Waals surface area (Å²) in [6.07, 6.45) is 0. The predicted octanol–water partition coefficient (Wildman–Crippen LogP) is 1.42. The van der Waals surface area contributed by atoms with Gasteiger partial charge in [0.25, 0.3) is 17.4 Å². The topological polar surface area (TPSA) is 141 Å². The van der Waals surface area contributed by atoms with Crippen molar-refractivity contribution >= 4 is 40.7 Å². The molecule has 2 aromatic rings. The summed E-state index contributed by atoms with van der Waals surface area (Å²) in [4.78, 5) is 47.3. The van der Waals surface area contributed by atoms with Gasteiger partial charge in [0.15, 0.2) is 0 Å². The second kappa shape index (κ2) is 7.72. The van der Waals surface area contributed by atoms with Crippen molar-refractivity contribution in [1.29, 1.82) is 0 Å². The molecule has 2 aromatic carbocycles. The smallest absolute Gasteiger partial charge is 0.295 e. The molecule has 0 radical (unpaired) electrons. The number of halogens is 1. The van der Waals surface area contributed by atoms with Gasteiger partial charge in [-0.3, -0.25) is 19.7 Å². The number of rotatable bonds is 5. The SMILES string of the molecule is O=C([O-])CN1C(=O)C(=O)C(=C(O)c2ccc(Cl)cc2)C1c1cccc([N+](=O)[O-])c1. The number of non-ortho nitro benzene ring substituents is 1. The van der Waals surface area contributed by atoms with Crippen LogP contribution in [-0.2, 0) is 14.4 Å². The summed E-state index contributed by atoms with van der Waals surface area (Å²) in [5.74, 6) is -4.47. The van der Waals surface area contributed by atoms with E-state index in [0.717, 1.165) is 6.07 Å². The van der Waals surface area contributed by atoms with Crippen molar-refractivity contribution < 1.29 is 29.5 Å². The lowest BCUT2D eigenvalue weighted by atomic mass is 9.95. The summed E-state index contributed by atoms with van der Waals surface area (Å²) in [5, 5.41) is 33.3. The van der Waals surface area contributed by atoms with Gasteiger partial charge in [0.1, 0.15) is 5.76 Å². The average Bonchev–Trinajstić information content (AvgIpc) is 2.92. The molecule has 1 unspecified atom stereocenters. The van der Waals surface area contributed by atoms with Gasteiger partial charge in [0, 0.05) is 22.7 Å². The van der Waals surface area contributed by atoms with E-state index in [-0.39, 0.29) is 22.4 Å². The van der Waals surface area contributed by atoms with Gasteiger partial charge in [-0.1, -0.05) is 23.7 Å². The van der Waals surface area contributed by atoms with Crippen molar-refractivity contribution in [2.75, 3.05) is 6.54 Å². The Bertz CT molecular complexity index is 1060. The summed E-state index contributed by atoms with van der Waals surface area (Å²) in [6.45, 7) is -0.935. The van der Waals surface area contributed by atoms with Crippen LogP contribution in [0.25, 0.3) is 5.76 Å². The molecule has 148 valence electrons. The molecule has 1 aliphatic rings. The molecule has 1 amide bonds. The number of nitro groups is 1. The Morgan fingerprint density at radius 2 is 1.83 bits per heavy atom. The van der Waals surface area contributed by atoms with Crippen LogP contribution in [0.5, 0.6) is 0 Å². The van der Waals surface area contributed by atoms with Gasteiger partial charge < -0.3 is 19.9 Å². The number of carboxylic acids is 1. The van der Waals surface area contributed by atoms with Crippen LogP contribution in [-0.4, -0.2) is 39.1 Å². The minimum Gasteiger partial charge on any atom is -0.548 e. The van der Waals surface area contributed by atoms with Crippen molar-refractivity contribution in [3.8, 4) is 0 Å². The number of hydrogen-bond donors (Lipinski definition) is 1. The third kappa shape index (κ3) is 3.81. The third-order valence-electron chi connectivity index (χ3n) is 4.35. The van der Waals surface area contributed by atoms with Gasteiger partial charge in [-0.25, -0.2) is 0 Å². The molecule has 0 spiro atoms. The zero-order valence-corrected chi connectivity index (χ0v) is 15.3. The minimum atomic E-state index is -1.63. The normalized spacial score (nSPS) is 18.1. The fourth-order valence-corrected chi connectivity index (χ4v) is 3.23. The standard InChI is InChI=1S/C19H13ClN2O7/c20-12-6-4-10(5-7-12)17(25)15-16(11-2-1-3-13(8-11)22(28)29)21(9-14(23)24)19(27)18(15)26/h1-8,16,25H,9H2,(H,23,24)/p-1. The first-order valence-corrected chi connectivity index (χ1v) is 8.57. The fraction of sp³-hybridized carbons (Fsp3) is 0.105. The highest BCUT2D eigenvalue weighted by Gasteiger charge is 2.46. The van der Waals surface area contributed by atoms with Crippen LogP contribution in [0, 0.1) is 10.1 Å². The minimum absolute atomic E-state index is 0.0927. The quantitative estimate of drug-likeness (QED) is 0.256. The van der Waals surface area contributed by atoms with Gasteiger partial charge >= 0.3 is 0 Å². The van der Waals surface area contributed by atoms with Crippen molar-refractivity contribution in [2.24, 2.45) is 0 Å². The van der Waals surface area contributed by atoms with Gasteiger partial charge in [-0.05, 0) is 29.8 Å². The molecule has 29 heavy (non-hydrogen) atoms. The number of benzene rings is 2. The zero-order valence-electron chi connectivity index (χ0n) is 14.6. The van der Waals surface area contributed by atoms with E-state index >= 15 is 0 Å². The molecule has 0 saturated carbocycles. The van der Waals surface area contributed by atoms with E-state index in [2.05, 4.69) is 0 Å². The lowest BCUT2D eigenvalue weighted by molar-refractivity contribution is -0.384. The van der Waals surface area contributed by atoms with Crippen LogP contribution in [0.1, 0.15) is 17.2 Å². The number of nitrogens with zero attached hydrogens (tertiary/aromatic N) is 2. The summed E-state index contributed by atoms with van der Waals surface area (Å²) in [6, 6.07) is 9.41. The second-order valence-corrected chi connectivity index (χ2v) is 6.59. The van der Waals surface area contributed by atoms with Crippen molar-refractivity contribution in [3.63, 3.8) is 0 Å². The molecule has 9 nitrogen and oxygen atoms in total. The number of amides is 1. The first kappa shape index (κ1) is 20.0. The molecule has 1 saturated heterocycles. The number of carbonyl (C=O) groups is 3. The lowest BCUT2D eigenvalue weighted by Crippen LogP contribution is -2.40. The monoisotopic (exact) mass is 415 g/mol. The Morgan fingerprint density at radius 3 is 2.41 bits per heavy atom. The molecule has 1 heterocycles. The average molecular weight is 416 g/mol. The molecule has 1 aliphatic heterocycles. The maximum absolute atomic E-state index is 12.6. The predicted molar refractivity (Wildman–Crippen MR) is 98.6 cm³/mol. The number of aliphatic hydroxyl groups is 1. The number of nitro benzene ring substituents is 1. The van der Waals surface area contributed by atoms with E-state index in [1.807, 2.05) is 0 Å². The number of carboxylic acid groups (broad SMARTS) is 1. The van der Waals surface area contributed by atoms with Gasteiger partial charge in [-0.15, -0.1) is 0 Å². The molecule has 1 fully saturated rings. The van der Waals surface area contributed by atoms with E-state index in [0.29, 0.717) is 9.92 Å². The number of likely N-dealkylation sites (tertiary alicyclic amines) is 1. The highest BCUT2D eigenvalue weighted by Crippen LogP contribution is 2.40. The first-order chi connectivity index (χ1) is 13.7. The van der Waals surface area contributed by atoms with Crippen LogP contribution < -0.4 is 5.11 Å². The van der Waals surface area contributed by atoms with Crippen molar-refractivity contribution in [2.45, 2.75) is 6.04 Å². The number of carbonyl (C=O) groups excluding carboxylic acids is 3. The van der Waals surface area contributed by atoms with Crippen LogP contribution in [0.4, 0.5) is 5.69 Å². The number of Topliss-reactive ketones (excluding diaryl/α,β-unsaturated/α-hetero) is 1. The Hall–Kier alpha value is -3.72. The molecule has 0 bridgehead atoms. The van der Waals surface area contributed by atoms with Crippen molar-refractivity contribution in [1.82, 2.24) is 4.90 Å². The molecule has 3 rings (SSSR count). The second-order valence-electron chi connectivity index (χ2n) is 6.16. The zero-order chi connectivity index (χ0) is 21.3. The van der Waals surface area contributed by atoms with E-state index < -0.39 is 40.9 Å². The summed E-state index contributed by atoms with van der Waals surface area (Å²) >= 11 is 5.82. The lowest BCUT2D eigenvalue weighted by Gasteiger charge is -2.25. The summed E-state index contributed by atoms with van der Waals surface area (Å²) in [7, 11) is 0. The third-order valence-corrected chi connectivity index (χ3v) is 4.61. The summed E-state index contributed by atoms with van der Waals surface area (Å²) < 4.78 is 0.